The summed E-state index contributed by atoms with van der Waals surface area (Å²) in [6.45, 7) is 7.85. The Morgan fingerprint density at radius 2 is 2.38 bits per heavy atom. The van der Waals surface area contributed by atoms with Gasteiger partial charge in [-0.3, -0.25) is 0 Å². The number of hydrogen-bond donors (Lipinski definition) is 0. The molecule has 1 unspecified atom stereocenters. The van der Waals surface area contributed by atoms with E-state index in [9.17, 15) is 4.79 Å². The predicted molar refractivity (Wildman–Crippen MR) is 47.9 cm³/mol. The molecule has 1 aliphatic rings. The smallest absolute Gasteiger partial charge is 0.184 e. The molecule has 0 aromatic carbocycles. The zero-order chi connectivity index (χ0) is 10.1. The molecule has 0 bridgehead atoms. The highest BCUT2D eigenvalue weighted by Crippen LogP contribution is 2.29. The van der Waals surface area contributed by atoms with E-state index in [0.717, 1.165) is 6.29 Å². The minimum atomic E-state index is -0.515. The second kappa shape index (κ2) is 3.38. The van der Waals surface area contributed by atoms with Crippen LogP contribution in [0.4, 0.5) is 0 Å². The van der Waals surface area contributed by atoms with Gasteiger partial charge in [-0.25, -0.2) is 0 Å². The zero-order valence-electron chi connectivity index (χ0n) is 8.24. The van der Waals surface area contributed by atoms with Gasteiger partial charge in [0, 0.05) is 0 Å². The standard InChI is InChI=1S/C9H15NO3/c1-7(12-4)10-8(5-11)6-13-9(10,2)3/h5,8H,1,6H2,2-4H3. The number of nitrogens with zero attached hydrogens (tertiary/aromatic N) is 1. The number of ether oxygens (including phenoxy) is 2. The lowest BCUT2D eigenvalue weighted by atomic mass is 10.2. The minimum Gasteiger partial charge on any atom is -0.483 e. The first-order valence-electron chi connectivity index (χ1n) is 4.14. The molecule has 0 radical (unpaired) electrons. The molecule has 1 saturated heterocycles. The summed E-state index contributed by atoms with van der Waals surface area (Å²) in [7, 11) is 1.53. The highest BCUT2D eigenvalue weighted by molar-refractivity contribution is 5.59. The summed E-state index contributed by atoms with van der Waals surface area (Å²) in [5.41, 5.74) is -0.515. The van der Waals surface area contributed by atoms with Crippen molar-refractivity contribution in [2.24, 2.45) is 0 Å². The van der Waals surface area contributed by atoms with Crippen LogP contribution in [0.15, 0.2) is 12.5 Å². The molecule has 1 rings (SSSR count). The van der Waals surface area contributed by atoms with E-state index in [-0.39, 0.29) is 6.04 Å². The molecule has 0 aliphatic carbocycles. The van der Waals surface area contributed by atoms with Crippen molar-refractivity contribution >= 4 is 6.29 Å². The number of hydrogen-bond acceptors (Lipinski definition) is 4. The average molecular weight is 185 g/mol. The lowest BCUT2D eigenvalue weighted by molar-refractivity contribution is -0.113. The van der Waals surface area contributed by atoms with Crippen LogP contribution in [0, 0.1) is 0 Å². The maximum absolute atomic E-state index is 10.7. The molecular formula is C9H15NO3. The van der Waals surface area contributed by atoms with Crippen LogP contribution in [0.5, 0.6) is 0 Å². The Labute approximate surface area is 78.1 Å². The Hall–Kier alpha value is -1.03. The van der Waals surface area contributed by atoms with Gasteiger partial charge in [0.25, 0.3) is 0 Å². The topological polar surface area (TPSA) is 38.8 Å². The van der Waals surface area contributed by atoms with Crippen LogP contribution >= 0.6 is 0 Å². The molecule has 13 heavy (non-hydrogen) atoms. The lowest BCUT2D eigenvalue weighted by Crippen LogP contribution is -2.43. The molecule has 0 aromatic heterocycles. The van der Waals surface area contributed by atoms with Crippen LogP contribution in [-0.2, 0) is 14.3 Å². The molecular weight excluding hydrogens is 170 g/mol. The predicted octanol–water partition coefficient (Wildman–Crippen LogP) is 0.740. The number of carbonyl (C=O) groups excluding carboxylic acids is 1. The third kappa shape index (κ3) is 1.67. The molecule has 1 atom stereocenters. The first-order valence-corrected chi connectivity index (χ1v) is 4.14. The van der Waals surface area contributed by atoms with Crippen LogP contribution < -0.4 is 0 Å². The van der Waals surface area contributed by atoms with E-state index in [0.29, 0.717) is 12.5 Å². The Morgan fingerprint density at radius 3 is 2.85 bits per heavy atom. The molecule has 0 amide bonds. The number of carbonyl (C=O) groups is 1. The van der Waals surface area contributed by atoms with Crippen molar-refractivity contribution in [3.05, 3.63) is 12.5 Å². The van der Waals surface area contributed by atoms with Crippen molar-refractivity contribution in [3.63, 3.8) is 0 Å². The van der Waals surface area contributed by atoms with Gasteiger partial charge in [0.2, 0.25) is 0 Å². The SMILES string of the molecule is C=C(OC)N1C(C=O)COC1(C)C. The summed E-state index contributed by atoms with van der Waals surface area (Å²) in [5.74, 6) is 0.458. The Kier molecular flexibility index (Phi) is 2.61. The number of aldehydes is 1. The van der Waals surface area contributed by atoms with Gasteiger partial charge in [-0.1, -0.05) is 0 Å². The highest BCUT2D eigenvalue weighted by atomic mass is 16.5. The Morgan fingerprint density at radius 1 is 1.77 bits per heavy atom. The molecule has 1 heterocycles. The fourth-order valence-corrected chi connectivity index (χ4v) is 1.52. The van der Waals surface area contributed by atoms with Crippen molar-refractivity contribution in [2.75, 3.05) is 13.7 Å². The summed E-state index contributed by atoms with van der Waals surface area (Å²) >= 11 is 0. The van der Waals surface area contributed by atoms with E-state index < -0.39 is 5.72 Å². The fraction of sp³-hybridized carbons (Fsp3) is 0.667. The van der Waals surface area contributed by atoms with Crippen LogP contribution in [0.25, 0.3) is 0 Å². The summed E-state index contributed by atoms with van der Waals surface area (Å²) < 4.78 is 10.4. The van der Waals surface area contributed by atoms with Gasteiger partial charge in [0.15, 0.2) is 5.88 Å². The van der Waals surface area contributed by atoms with Gasteiger partial charge >= 0.3 is 0 Å². The molecule has 4 nitrogen and oxygen atoms in total. The van der Waals surface area contributed by atoms with Crippen molar-refractivity contribution < 1.29 is 14.3 Å². The summed E-state index contributed by atoms with van der Waals surface area (Å²) in [6.07, 6.45) is 0.846. The molecule has 1 fully saturated rings. The van der Waals surface area contributed by atoms with Crippen molar-refractivity contribution in [3.8, 4) is 0 Å². The first-order chi connectivity index (χ1) is 6.03. The number of methoxy groups -OCH3 is 1. The van der Waals surface area contributed by atoms with Gasteiger partial charge in [-0.05, 0) is 20.4 Å². The van der Waals surface area contributed by atoms with Gasteiger partial charge in [-0.2, -0.15) is 0 Å². The van der Waals surface area contributed by atoms with Gasteiger partial charge in [0.1, 0.15) is 18.1 Å². The van der Waals surface area contributed by atoms with Gasteiger partial charge in [-0.15, -0.1) is 0 Å². The van der Waals surface area contributed by atoms with Gasteiger partial charge in [0.05, 0.1) is 13.7 Å². The van der Waals surface area contributed by atoms with Gasteiger partial charge < -0.3 is 19.2 Å². The molecule has 0 saturated carbocycles. The third-order valence-electron chi connectivity index (χ3n) is 2.18. The summed E-state index contributed by atoms with van der Waals surface area (Å²) in [5, 5.41) is 0. The molecule has 74 valence electrons. The van der Waals surface area contributed by atoms with Crippen molar-refractivity contribution in [1.82, 2.24) is 4.90 Å². The molecule has 0 aromatic rings. The van der Waals surface area contributed by atoms with Crippen LogP contribution in [0.1, 0.15) is 13.8 Å². The van der Waals surface area contributed by atoms with Crippen LogP contribution in [0.2, 0.25) is 0 Å². The third-order valence-corrected chi connectivity index (χ3v) is 2.18. The van der Waals surface area contributed by atoms with E-state index in [4.69, 9.17) is 9.47 Å². The van der Waals surface area contributed by atoms with E-state index >= 15 is 0 Å². The van der Waals surface area contributed by atoms with E-state index in [1.807, 2.05) is 13.8 Å². The molecule has 0 spiro atoms. The Balaban J connectivity index is 2.86. The quantitative estimate of drug-likeness (QED) is 0.480. The van der Waals surface area contributed by atoms with E-state index in [1.165, 1.54) is 7.11 Å². The van der Waals surface area contributed by atoms with Crippen molar-refractivity contribution in [2.45, 2.75) is 25.6 Å². The van der Waals surface area contributed by atoms with Crippen LogP contribution in [-0.4, -0.2) is 36.7 Å². The second-order valence-electron chi connectivity index (χ2n) is 3.43. The maximum atomic E-state index is 10.7. The Bertz CT molecular complexity index is 225. The summed E-state index contributed by atoms with van der Waals surface area (Å²) in [6, 6.07) is -0.289. The average Bonchev–Trinajstić information content (AvgIpc) is 2.39. The largest absolute Gasteiger partial charge is 0.483 e. The van der Waals surface area contributed by atoms with Crippen molar-refractivity contribution in [1.29, 1.82) is 0 Å². The zero-order valence-corrected chi connectivity index (χ0v) is 8.24. The van der Waals surface area contributed by atoms with E-state index in [1.54, 1.807) is 4.90 Å². The molecule has 0 N–H and O–H groups in total. The lowest BCUT2D eigenvalue weighted by Gasteiger charge is -2.33. The first kappa shape index (κ1) is 10.1. The second-order valence-corrected chi connectivity index (χ2v) is 3.43. The highest BCUT2D eigenvalue weighted by Gasteiger charge is 2.41. The minimum absolute atomic E-state index is 0.289. The molecule has 1 aliphatic heterocycles. The summed E-state index contributed by atoms with van der Waals surface area (Å²) in [4.78, 5) is 12.4. The fourth-order valence-electron chi connectivity index (χ4n) is 1.52. The molecule has 4 heteroatoms. The van der Waals surface area contributed by atoms with E-state index in [2.05, 4.69) is 6.58 Å². The normalized spacial score (nSPS) is 25.8. The number of rotatable bonds is 3. The van der Waals surface area contributed by atoms with Crippen LogP contribution in [0.3, 0.4) is 0 Å². The maximum Gasteiger partial charge on any atom is 0.184 e. The monoisotopic (exact) mass is 185 g/mol.